The molecule has 106 valence electrons. The number of aliphatic hydroxyl groups excluding tert-OH is 1. The molecule has 0 saturated carbocycles. The number of rotatable bonds is 6. The van der Waals surface area contributed by atoms with Gasteiger partial charge in [-0.2, -0.15) is 0 Å². The average Bonchev–Trinajstić information content (AvgIpc) is 2.85. The molecule has 1 heterocycles. The summed E-state index contributed by atoms with van der Waals surface area (Å²) in [6, 6.07) is -1.68. The van der Waals surface area contributed by atoms with Crippen molar-refractivity contribution < 1.29 is 14.7 Å². The van der Waals surface area contributed by atoms with Crippen LogP contribution in [0.15, 0.2) is 5.51 Å². The first-order valence-electron chi connectivity index (χ1n) is 5.40. The lowest BCUT2D eigenvalue weighted by molar-refractivity contribution is -0.120. The highest BCUT2D eigenvalue weighted by molar-refractivity contribution is 7.13. The standard InChI is InChI=1S/C9H14ClN5O3S/c1-5(16)6(13-8(18)11-3-2-10)7(17)14-9-15-12-4-19-9/h4-6,16H,2-3H2,1H3,(H2,11,13,18)(H,14,15,17)/t5?,6-/m0/s1. The van der Waals surface area contributed by atoms with Crippen molar-refractivity contribution in [3.63, 3.8) is 0 Å². The quantitative estimate of drug-likeness (QED) is 0.541. The van der Waals surface area contributed by atoms with Gasteiger partial charge in [0, 0.05) is 12.4 Å². The van der Waals surface area contributed by atoms with E-state index in [4.69, 9.17) is 11.6 Å². The highest BCUT2D eigenvalue weighted by Gasteiger charge is 2.26. The fourth-order valence-electron chi connectivity index (χ4n) is 1.17. The molecule has 0 bridgehead atoms. The Kier molecular flexibility index (Phi) is 6.46. The zero-order valence-electron chi connectivity index (χ0n) is 10.1. The number of amides is 3. The third kappa shape index (κ3) is 5.37. The topological polar surface area (TPSA) is 116 Å². The molecule has 0 saturated heterocycles. The lowest BCUT2D eigenvalue weighted by Crippen LogP contribution is -2.53. The molecule has 0 aliphatic rings. The van der Waals surface area contributed by atoms with Gasteiger partial charge in [-0.25, -0.2) is 4.79 Å². The highest BCUT2D eigenvalue weighted by Crippen LogP contribution is 2.09. The van der Waals surface area contributed by atoms with E-state index in [1.54, 1.807) is 0 Å². The van der Waals surface area contributed by atoms with E-state index in [0.29, 0.717) is 5.13 Å². The number of hydrogen-bond donors (Lipinski definition) is 4. The third-order valence-corrected chi connectivity index (χ3v) is 2.82. The summed E-state index contributed by atoms with van der Waals surface area (Å²) < 4.78 is 0. The van der Waals surface area contributed by atoms with Gasteiger partial charge in [-0.05, 0) is 6.92 Å². The van der Waals surface area contributed by atoms with Crippen molar-refractivity contribution in [2.45, 2.75) is 19.1 Å². The van der Waals surface area contributed by atoms with Crippen LogP contribution in [0.25, 0.3) is 0 Å². The molecule has 1 aromatic rings. The minimum atomic E-state index is -1.10. The number of aliphatic hydroxyl groups is 1. The van der Waals surface area contributed by atoms with Crippen molar-refractivity contribution in [1.82, 2.24) is 20.8 Å². The summed E-state index contributed by atoms with van der Waals surface area (Å²) in [4.78, 5) is 23.3. The maximum atomic E-state index is 11.9. The van der Waals surface area contributed by atoms with Crippen LogP contribution in [0.5, 0.6) is 0 Å². The van der Waals surface area contributed by atoms with Crippen LogP contribution >= 0.6 is 22.9 Å². The molecule has 3 amide bonds. The zero-order valence-corrected chi connectivity index (χ0v) is 11.7. The molecule has 8 nitrogen and oxygen atoms in total. The molecule has 4 N–H and O–H groups in total. The van der Waals surface area contributed by atoms with Crippen molar-refractivity contribution in [2.75, 3.05) is 17.7 Å². The van der Waals surface area contributed by atoms with Crippen LogP contribution in [-0.2, 0) is 4.79 Å². The summed E-state index contributed by atoms with van der Waals surface area (Å²) in [7, 11) is 0. The van der Waals surface area contributed by atoms with Crippen LogP contribution in [0.2, 0.25) is 0 Å². The molecule has 0 aliphatic carbocycles. The van der Waals surface area contributed by atoms with Gasteiger partial charge in [0.05, 0.1) is 6.10 Å². The maximum Gasteiger partial charge on any atom is 0.315 e. The van der Waals surface area contributed by atoms with E-state index in [-0.39, 0.29) is 12.4 Å². The van der Waals surface area contributed by atoms with Crippen molar-refractivity contribution >= 4 is 40.0 Å². The Morgan fingerprint density at radius 3 is 2.84 bits per heavy atom. The van der Waals surface area contributed by atoms with E-state index in [2.05, 4.69) is 26.1 Å². The Morgan fingerprint density at radius 2 is 2.32 bits per heavy atom. The van der Waals surface area contributed by atoms with Crippen molar-refractivity contribution in [1.29, 1.82) is 0 Å². The van der Waals surface area contributed by atoms with E-state index in [1.807, 2.05) is 0 Å². The minimum Gasteiger partial charge on any atom is -0.391 e. The maximum absolute atomic E-state index is 11.9. The van der Waals surface area contributed by atoms with Gasteiger partial charge in [0.15, 0.2) is 0 Å². The first kappa shape index (κ1) is 15.6. The summed E-state index contributed by atoms with van der Waals surface area (Å²) in [5.41, 5.74) is 1.45. The van der Waals surface area contributed by atoms with E-state index in [9.17, 15) is 14.7 Å². The first-order valence-corrected chi connectivity index (χ1v) is 6.81. The molecule has 1 unspecified atom stereocenters. The minimum absolute atomic E-state index is 0.254. The lowest BCUT2D eigenvalue weighted by atomic mass is 10.1. The second-order valence-corrected chi connectivity index (χ2v) is 4.75. The fraction of sp³-hybridized carbons (Fsp3) is 0.556. The van der Waals surface area contributed by atoms with E-state index in [0.717, 1.165) is 11.3 Å². The summed E-state index contributed by atoms with van der Waals surface area (Å²) in [6.45, 7) is 1.66. The van der Waals surface area contributed by atoms with Gasteiger partial charge in [0.2, 0.25) is 5.13 Å². The Labute approximate surface area is 118 Å². The number of aromatic nitrogens is 2. The van der Waals surface area contributed by atoms with Gasteiger partial charge >= 0.3 is 6.03 Å². The first-order chi connectivity index (χ1) is 9.04. The molecule has 0 spiro atoms. The van der Waals surface area contributed by atoms with Crippen LogP contribution < -0.4 is 16.0 Å². The number of anilines is 1. The van der Waals surface area contributed by atoms with Gasteiger partial charge < -0.3 is 15.7 Å². The number of halogens is 1. The summed E-state index contributed by atoms with van der Waals surface area (Å²) in [6.07, 6.45) is -1.06. The van der Waals surface area contributed by atoms with Gasteiger partial charge in [-0.3, -0.25) is 10.1 Å². The van der Waals surface area contributed by atoms with Crippen LogP contribution in [0.1, 0.15) is 6.92 Å². The number of nitrogens with zero attached hydrogens (tertiary/aromatic N) is 2. The normalized spacial score (nSPS) is 13.4. The molecule has 2 atom stereocenters. The number of carbonyl (C=O) groups is 2. The second-order valence-electron chi connectivity index (χ2n) is 3.54. The number of urea groups is 1. The number of alkyl halides is 1. The van der Waals surface area contributed by atoms with E-state index >= 15 is 0 Å². The molecular weight excluding hydrogens is 294 g/mol. The number of nitrogens with one attached hydrogen (secondary N) is 3. The average molecular weight is 308 g/mol. The second kappa shape index (κ2) is 7.87. The highest BCUT2D eigenvalue weighted by atomic mass is 35.5. The van der Waals surface area contributed by atoms with Crippen LogP contribution in [0, 0.1) is 0 Å². The summed E-state index contributed by atoms with van der Waals surface area (Å²) in [5.74, 6) is -0.322. The predicted molar refractivity (Wildman–Crippen MR) is 71.3 cm³/mol. The monoisotopic (exact) mass is 307 g/mol. The molecule has 19 heavy (non-hydrogen) atoms. The molecule has 1 rings (SSSR count). The third-order valence-electron chi connectivity index (χ3n) is 2.02. The van der Waals surface area contributed by atoms with Gasteiger partial charge in [0.1, 0.15) is 11.6 Å². The molecule has 0 radical (unpaired) electrons. The van der Waals surface area contributed by atoms with Gasteiger partial charge in [-0.15, -0.1) is 21.8 Å². The molecule has 0 aliphatic heterocycles. The van der Waals surface area contributed by atoms with Crippen molar-refractivity contribution in [3.05, 3.63) is 5.51 Å². The Morgan fingerprint density at radius 1 is 1.58 bits per heavy atom. The Bertz CT molecular complexity index is 414. The molecule has 10 heteroatoms. The molecule has 0 fully saturated rings. The predicted octanol–water partition coefficient (Wildman–Crippen LogP) is -0.236. The number of carbonyl (C=O) groups excluding carboxylic acids is 2. The molecular formula is C9H14ClN5O3S. The van der Waals surface area contributed by atoms with Crippen LogP contribution in [0.3, 0.4) is 0 Å². The molecule has 0 aromatic carbocycles. The van der Waals surface area contributed by atoms with Gasteiger partial charge in [0.25, 0.3) is 5.91 Å². The Hall–Kier alpha value is -1.45. The van der Waals surface area contributed by atoms with Crippen LogP contribution in [-0.4, -0.2) is 51.8 Å². The largest absolute Gasteiger partial charge is 0.391 e. The van der Waals surface area contributed by atoms with Gasteiger partial charge in [-0.1, -0.05) is 11.3 Å². The Balaban J connectivity index is 2.56. The fourth-order valence-corrected chi connectivity index (χ4v) is 1.71. The summed E-state index contributed by atoms with van der Waals surface area (Å²) in [5, 5.41) is 24.2. The molecule has 1 aromatic heterocycles. The SMILES string of the molecule is CC(O)[C@H](NC(=O)NCCCl)C(=O)Nc1nncs1. The number of hydrogen-bond acceptors (Lipinski definition) is 6. The smallest absolute Gasteiger partial charge is 0.315 e. The van der Waals surface area contributed by atoms with Crippen LogP contribution in [0.4, 0.5) is 9.93 Å². The van der Waals surface area contributed by atoms with Crippen molar-refractivity contribution in [2.24, 2.45) is 0 Å². The van der Waals surface area contributed by atoms with E-state index in [1.165, 1.54) is 12.4 Å². The van der Waals surface area contributed by atoms with Crippen molar-refractivity contribution in [3.8, 4) is 0 Å². The zero-order chi connectivity index (χ0) is 14.3. The summed E-state index contributed by atoms with van der Waals surface area (Å²) >= 11 is 6.55. The lowest BCUT2D eigenvalue weighted by Gasteiger charge is -2.20. The van der Waals surface area contributed by atoms with E-state index < -0.39 is 24.1 Å².